The molecule has 212 valence electrons. The van der Waals surface area contributed by atoms with E-state index in [2.05, 4.69) is 10.2 Å². The molecule has 15 nitrogen and oxygen atoms in total. The molecule has 6 atom stereocenters. The maximum atomic E-state index is 14.9. The summed E-state index contributed by atoms with van der Waals surface area (Å²) in [5.74, 6) is -1.66. The number of carbonyl (C=O) groups is 2. The SMILES string of the molecule is CCOC(=O)[C@H](C)NP(=O)(N[C@@H](C)C(=O)OCC)OC[C@H](F)[C@@H](O)[C@@](C)(O)[C@@H](O)n1ccc(=O)[nH]c1=O. The van der Waals surface area contributed by atoms with Crippen molar-refractivity contribution >= 4 is 19.6 Å². The number of nitrogens with one attached hydrogen (secondary N) is 3. The number of aromatic nitrogens is 2. The van der Waals surface area contributed by atoms with Crippen molar-refractivity contribution in [2.24, 2.45) is 0 Å². The van der Waals surface area contributed by atoms with Crippen molar-refractivity contribution in [1.82, 2.24) is 19.7 Å². The minimum Gasteiger partial charge on any atom is -0.465 e. The highest BCUT2D eigenvalue weighted by Gasteiger charge is 2.45. The molecule has 0 aliphatic rings. The first-order valence-electron chi connectivity index (χ1n) is 11.3. The number of aliphatic hydroxyl groups excluding tert-OH is 2. The molecule has 1 aromatic heterocycles. The number of ether oxygens (including phenoxy) is 2. The average Bonchev–Trinajstić information content (AvgIpc) is 2.81. The minimum absolute atomic E-state index is 0.0111. The third-order valence-electron chi connectivity index (χ3n) is 5.00. The summed E-state index contributed by atoms with van der Waals surface area (Å²) in [6.07, 6.45) is -6.33. The average molecular weight is 556 g/mol. The zero-order chi connectivity index (χ0) is 28.6. The molecular weight excluding hydrogens is 522 g/mol. The Balaban J connectivity index is 3.08. The van der Waals surface area contributed by atoms with Crippen LogP contribution in [0.4, 0.5) is 4.39 Å². The molecule has 1 heterocycles. The molecule has 6 N–H and O–H groups in total. The second-order valence-electron chi connectivity index (χ2n) is 8.13. The summed E-state index contributed by atoms with van der Waals surface area (Å²) in [7, 11) is -4.42. The van der Waals surface area contributed by atoms with Gasteiger partial charge in [-0.1, -0.05) is 0 Å². The van der Waals surface area contributed by atoms with Gasteiger partial charge in [-0.05, 0) is 34.6 Å². The van der Waals surface area contributed by atoms with Crippen LogP contribution < -0.4 is 21.4 Å². The predicted octanol–water partition coefficient (Wildman–Crippen LogP) is -1.32. The molecule has 17 heteroatoms. The first kappa shape index (κ1) is 32.6. The lowest BCUT2D eigenvalue weighted by Crippen LogP contribution is -2.54. The van der Waals surface area contributed by atoms with E-state index in [-0.39, 0.29) is 13.2 Å². The van der Waals surface area contributed by atoms with E-state index >= 15 is 0 Å². The summed E-state index contributed by atoms with van der Waals surface area (Å²) in [6.45, 7) is 5.29. The molecule has 0 aliphatic heterocycles. The highest BCUT2D eigenvalue weighted by molar-refractivity contribution is 7.54. The molecule has 0 spiro atoms. The van der Waals surface area contributed by atoms with Crippen LogP contribution in [0.5, 0.6) is 0 Å². The zero-order valence-electron chi connectivity index (χ0n) is 21.0. The van der Waals surface area contributed by atoms with Gasteiger partial charge in [-0.15, -0.1) is 0 Å². The first-order valence-corrected chi connectivity index (χ1v) is 12.9. The van der Waals surface area contributed by atoms with E-state index in [1.165, 1.54) is 13.8 Å². The summed E-state index contributed by atoms with van der Waals surface area (Å²) in [5, 5.41) is 35.9. The number of H-pyrrole nitrogens is 1. The molecule has 37 heavy (non-hydrogen) atoms. The van der Waals surface area contributed by atoms with Gasteiger partial charge >= 0.3 is 25.3 Å². The Hall–Kier alpha value is -2.46. The fourth-order valence-electron chi connectivity index (χ4n) is 2.95. The van der Waals surface area contributed by atoms with Gasteiger partial charge in [-0.3, -0.25) is 28.5 Å². The highest BCUT2D eigenvalue weighted by atomic mass is 31.2. The summed E-state index contributed by atoms with van der Waals surface area (Å²) in [6, 6.07) is -1.63. The Morgan fingerprint density at radius 2 is 1.62 bits per heavy atom. The van der Waals surface area contributed by atoms with Crippen molar-refractivity contribution in [3.05, 3.63) is 33.1 Å². The lowest BCUT2D eigenvalue weighted by atomic mass is 9.93. The normalized spacial score (nSPS) is 17.6. The van der Waals surface area contributed by atoms with E-state index < -0.39 is 73.7 Å². The number of aliphatic hydroxyl groups is 3. The largest absolute Gasteiger partial charge is 0.465 e. The summed E-state index contributed by atoms with van der Waals surface area (Å²) in [4.78, 5) is 48.9. The van der Waals surface area contributed by atoms with E-state index in [9.17, 15) is 43.5 Å². The van der Waals surface area contributed by atoms with Crippen LogP contribution in [0.1, 0.15) is 40.8 Å². The second-order valence-corrected chi connectivity index (χ2v) is 10.0. The van der Waals surface area contributed by atoms with Gasteiger partial charge in [0, 0.05) is 12.3 Å². The van der Waals surface area contributed by atoms with Gasteiger partial charge in [0.15, 0.2) is 12.4 Å². The topological polar surface area (TPSA) is 219 Å². The number of hydrogen-bond acceptors (Lipinski definition) is 11. The van der Waals surface area contributed by atoms with Crippen LogP contribution in [-0.2, 0) is 28.2 Å². The molecule has 0 saturated carbocycles. The van der Waals surface area contributed by atoms with Crippen LogP contribution >= 0.6 is 7.67 Å². The quantitative estimate of drug-likeness (QED) is 0.109. The van der Waals surface area contributed by atoms with Crippen molar-refractivity contribution in [3.8, 4) is 0 Å². The molecule has 0 aliphatic carbocycles. The Kier molecular flexibility index (Phi) is 12.2. The van der Waals surface area contributed by atoms with Crippen molar-refractivity contribution in [2.75, 3.05) is 19.8 Å². The second kappa shape index (κ2) is 13.9. The van der Waals surface area contributed by atoms with Crippen molar-refractivity contribution in [1.29, 1.82) is 0 Å². The fourth-order valence-corrected chi connectivity index (χ4v) is 4.76. The number of nitrogens with zero attached hydrogens (tertiary/aromatic N) is 1. The molecule has 1 rings (SSSR count). The van der Waals surface area contributed by atoms with E-state index in [4.69, 9.17) is 14.0 Å². The molecule has 0 aromatic carbocycles. The van der Waals surface area contributed by atoms with Crippen molar-refractivity contribution in [3.63, 3.8) is 0 Å². The summed E-state index contributed by atoms with van der Waals surface area (Å²) < 4.78 is 43.5. The van der Waals surface area contributed by atoms with Gasteiger partial charge in [0.25, 0.3) is 5.56 Å². The van der Waals surface area contributed by atoms with Crippen LogP contribution in [-0.4, -0.2) is 86.6 Å². The lowest BCUT2D eigenvalue weighted by molar-refractivity contribution is -0.184. The van der Waals surface area contributed by atoms with Gasteiger partial charge in [-0.25, -0.2) is 19.4 Å². The standard InChI is InChI=1S/C20H34FN4O11P/c1-6-34-16(28)11(3)23-37(33,24-12(4)17(29)35-7-2)36-10-13(21)15(27)20(5,32)18(30)25-9-8-14(26)22-19(25)31/h8-9,11-13,15,18,27,30,32H,6-7,10H2,1-5H3,(H,22,26,31)(H2,23,24,33)/t11-,12-,13-,15+,18+,20+/m0/s1. The van der Waals surface area contributed by atoms with Crippen LogP contribution in [0.25, 0.3) is 0 Å². The van der Waals surface area contributed by atoms with Crippen molar-refractivity contribution < 1.29 is 47.9 Å². The molecule has 0 radical (unpaired) electrons. The van der Waals surface area contributed by atoms with E-state index in [0.29, 0.717) is 4.57 Å². The number of hydrogen-bond donors (Lipinski definition) is 6. The molecule has 1 aromatic rings. The zero-order valence-corrected chi connectivity index (χ0v) is 21.9. The van der Waals surface area contributed by atoms with Gasteiger partial charge in [0.1, 0.15) is 23.8 Å². The third kappa shape index (κ3) is 9.10. The number of carbonyl (C=O) groups excluding carboxylic acids is 2. The van der Waals surface area contributed by atoms with Gasteiger partial charge in [0.05, 0.1) is 19.8 Å². The fraction of sp³-hybridized carbons (Fsp3) is 0.700. The maximum Gasteiger partial charge on any atom is 0.342 e. The Labute approximate surface area is 211 Å². The smallest absolute Gasteiger partial charge is 0.342 e. The monoisotopic (exact) mass is 556 g/mol. The van der Waals surface area contributed by atoms with Crippen LogP contribution in [0.3, 0.4) is 0 Å². The highest BCUT2D eigenvalue weighted by Crippen LogP contribution is 2.40. The third-order valence-corrected chi connectivity index (χ3v) is 6.97. The molecule has 0 unspecified atom stereocenters. The lowest BCUT2D eigenvalue weighted by Gasteiger charge is -2.36. The number of alkyl halides is 1. The summed E-state index contributed by atoms with van der Waals surface area (Å²) in [5.41, 5.74) is -4.65. The minimum atomic E-state index is -4.42. The molecular formula is C20H34FN4O11P. The predicted molar refractivity (Wildman–Crippen MR) is 126 cm³/mol. The van der Waals surface area contributed by atoms with Crippen LogP contribution in [0.2, 0.25) is 0 Å². The summed E-state index contributed by atoms with van der Waals surface area (Å²) >= 11 is 0. The van der Waals surface area contributed by atoms with Gasteiger partial charge in [0.2, 0.25) is 0 Å². The number of halogens is 1. The number of esters is 2. The van der Waals surface area contributed by atoms with Crippen LogP contribution in [0.15, 0.2) is 21.9 Å². The Morgan fingerprint density at radius 1 is 1.14 bits per heavy atom. The molecule has 0 fully saturated rings. The number of aromatic amines is 1. The van der Waals surface area contributed by atoms with E-state index in [1.54, 1.807) is 13.8 Å². The number of rotatable bonds is 15. The van der Waals surface area contributed by atoms with Gasteiger partial charge < -0.3 is 29.3 Å². The molecule has 0 bridgehead atoms. The Morgan fingerprint density at radius 3 is 2.05 bits per heavy atom. The van der Waals surface area contributed by atoms with E-state index in [1.807, 2.05) is 4.98 Å². The maximum absolute atomic E-state index is 14.9. The van der Waals surface area contributed by atoms with E-state index in [0.717, 1.165) is 19.2 Å². The molecule has 0 amide bonds. The first-order chi connectivity index (χ1) is 17.1. The van der Waals surface area contributed by atoms with Crippen LogP contribution in [0, 0.1) is 0 Å². The molecule has 0 saturated heterocycles. The Bertz CT molecular complexity index is 1050. The van der Waals surface area contributed by atoms with Gasteiger partial charge in [-0.2, -0.15) is 0 Å². The van der Waals surface area contributed by atoms with Crippen molar-refractivity contribution in [2.45, 2.75) is 70.8 Å².